The molecule has 0 atom stereocenters. The predicted octanol–water partition coefficient (Wildman–Crippen LogP) is 2.08. The number of aromatic nitrogens is 2. The molecule has 1 amide bonds. The van der Waals surface area contributed by atoms with E-state index in [0.29, 0.717) is 24.4 Å². The third kappa shape index (κ3) is 3.78. The van der Waals surface area contributed by atoms with Crippen LogP contribution in [0.4, 0.5) is 0 Å². The van der Waals surface area contributed by atoms with E-state index in [1.54, 1.807) is 19.1 Å². The van der Waals surface area contributed by atoms with E-state index in [-0.39, 0.29) is 11.7 Å². The highest BCUT2D eigenvalue weighted by Crippen LogP contribution is 2.10. The molecule has 5 heteroatoms. The highest BCUT2D eigenvalue weighted by Gasteiger charge is 2.13. The minimum Gasteiger partial charge on any atom is -0.508 e. The minimum absolute atomic E-state index is 0.207. The van der Waals surface area contributed by atoms with Crippen LogP contribution in [0.3, 0.4) is 0 Å². The van der Waals surface area contributed by atoms with Gasteiger partial charge in [-0.1, -0.05) is 12.1 Å². The van der Waals surface area contributed by atoms with E-state index in [9.17, 15) is 9.90 Å². The third-order valence-electron chi connectivity index (χ3n) is 3.33. The number of phenols is 1. The molecule has 5 nitrogen and oxygen atoms in total. The van der Waals surface area contributed by atoms with Gasteiger partial charge in [0.15, 0.2) is 0 Å². The number of nitrogens with one attached hydrogen (secondary N) is 1. The normalized spacial score (nSPS) is 10.4. The summed E-state index contributed by atoms with van der Waals surface area (Å²) in [7, 11) is 0. The smallest absolute Gasteiger partial charge is 0.271 e. The summed E-state index contributed by atoms with van der Waals surface area (Å²) in [6.45, 7) is 6.02. The van der Waals surface area contributed by atoms with Crippen molar-refractivity contribution in [2.24, 2.45) is 0 Å². The van der Waals surface area contributed by atoms with E-state index in [1.807, 2.05) is 26.0 Å². The van der Waals surface area contributed by atoms with E-state index in [0.717, 1.165) is 17.0 Å². The van der Waals surface area contributed by atoms with Gasteiger partial charge in [-0.3, -0.25) is 9.78 Å². The van der Waals surface area contributed by atoms with Crippen LogP contribution in [0.25, 0.3) is 0 Å². The van der Waals surface area contributed by atoms with Gasteiger partial charge in [0.2, 0.25) is 0 Å². The first-order chi connectivity index (χ1) is 9.97. The molecule has 0 saturated carbocycles. The van der Waals surface area contributed by atoms with Gasteiger partial charge in [-0.15, -0.1) is 0 Å². The molecule has 0 fully saturated rings. The number of carbonyl (C=O) groups is 1. The first-order valence-electron chi connectivity index (χ1n) is 6.85. The Hall–Kier alpha value is -2.43. The van der Waals surface area contributed by atoms with E-state index in [4.69, 9.17) is 0 Å². The largest absolute Gasteiger partial charge is 0.508 e. The molecule has 2 aromatic rings. The second kappa shape index (κ2) is 6.35. The third-order valence-corrected chi connectivity index (χ3v) is 3.33. The summed E-state index contributed by atoms with van der Waals surface area (Å²) < 4.78 is 0. The van der Waals surface area contributed by atoms with Crippen LogP contribution in [0, 0.1) is 20.8 Å². The van der Waals surface area contributed by atoms with Crippen molar-refractivity contribution in [1.29, 1.82) is 0 Å². The molecule has 0 aliphatic rings. The van der Waals surface area contributed by atoms with Crippen LogP contribution in [-0.4, -0.2) is 27.5 Å². The van der Waals surface area contributed by atoms with Crippen LogP contribution in [-0.2, 0) is 6.42 Å². The quantitative estimate of drug-likeness (QED) is 0.902. The molecule has 1 aromatic carbocycles. The summed E-state index contributed by atoms with van der Waals surface area (Å²) in [6.07, 6.45) is 0.698. The first kappa shape index (κ1) is 15.0. The van der Waals surface area contributed by atoms with Gasteiger partial charge >= 0.3 is 0 Å². The fraction of sp³-hybridized carbons (Fsp3) is 0.312. The highest BCUT2D eigenvalue weighted by atomic mass is 16.3. The molecule has 21 heavy (non-hydrogen) atoms. The Kier molecular flexibility index (Phi) is 4.52. The molecular formula is C16H19N3O2. The van der Waals surface area contributed by atoms with Crippen LogP contribution < -0.4 is 5.32 Å². The molecule has 1 heterocycles. The van der Waals surface area contributed by atoms with Gasteiger partial charge in [-0.25, -0.2) is 4.98 Å². The lowest BCUT2D eigenvalue weighted by Gasteiger charge is -2.09. The molecule has 0 spiro atoms. The van der Waals surface area contributed by atoms with Crippen LogP contribution in [0.5, 0.6) is 5.75 Å². The van der Waals surface area contributed by atoms with Crippen LogP contribution in [0.1, 0.15) is 33.1 Å². The molecule has 0 saturated heterocycles. The first-order valence-corrected chi connectivity index (χ1v) is 6.85. The van der Waals surface area contributed by atoms with Crippen LogP contribution in [0.15, 0.2) is 24.3 Å². The Bertz CT molecular complexity index is 651. The maximum absolute atomic E-state index is 12.1. The summed E-state index contributed by atoms with van der Waals surface area (Å²) in [5, 5.41) is 12.1. The Morgan fingerprint density at radius 2 is 1.67 bits per heavy atom. The fourth-order valence-corrected chi connectivity index (χ4v) is 2.00. The Morgan fingerprint density at radius 1 is 1.05 bits per heavy atom. The van der Waals surface area contributed by atoms with Crippen molar-refractivity contribution in [3.63, 3.8) is 0 Å². The molecule has 2 N–H and O–H groups in total. The number of rotatable bonds is 4. The van der Waals surface area contributed by atoms with Gasteiger partial charge in [-0.2, -0.15) is 0 Å². The van der Waals surface area contributed by atoms with E-state index in [1.165, 1.54) is 0 Å². The zero-order valence-corrected chi connectivity index (χ0v) is 12.5. The average molecular weight is 285 g/mol. The van der Waals surface area contributed by atoms with Gasteiger partial charge in [-0.05, 0) is 44.9 Å². The SMILES string of the molecule is Cc1nc(C)c(C(=O)NCCc2ccc(O)cc2)nc1C. The Morgan fingerprint density at radius 3 is 2.33 bits per heavy atom. The lowest BCUT2D eigenvalue weighted by atomic mass is 10.1. The molecule has 0 aliphatic carbocycles. The molecule has 2 rings (SSSR count). The second-order valence-corrected chi connectivity index (χ2v) is 5.00. The molecule has 110 valence electrons. The van der Waals surface area contributed by atoms with Gasteiger partial charge in [0.1, 0.15) is 11.4 Å². The van der Waals surface area contributed by atoms with E-state index < -0.39 is 0 Å². The number of benzene rings is 1. The molecular weight excluding hydrogens is 266 g/mol. The van der Waals surface area contributed by atoms with Crippen LogP contribution in [0.2, 0.25) is 0 Å². The zero-order valence-electron chi connectivity index (χ0n) is 12.5. The van der Waals surface area contributed by atoms with Crippen molar-refractivity contribution in [2.75, 3.05) is 6.54 Å². The van der Waals surface area contributed by atoms with E-state index in [2.05, 4.69) is 15.3 Å². The number of amides is 1. The standard InChI is InChI=1S/C16H19N3O2/c1-10-11(2)19-15(12(3)18-10)16(21)17-9-8-13-4-6-14(20)7-5-13/h4-7,20H,8-9H2,1-3H3,(H,17,21). The van der Waals surface area contributed by atoms with Gasteiger partial charge in [0.25, 0.3) is 5.91 Å². The second-order valence-electron chi connectivity index (χ2n) is 5.00. The van der Waals surface area contributed by atoms with Crippen molar-refractivity contribution in [1.82, 2.24) is 15.3 Å². The lowest BCUT2D eigenvalue weighted by molar-refractivity contribution is 0.0947. The minimum atomic E-state index is -0.207. The zero-order chi connectivity index (χ0) is 15.4. The molecule has 0 radical (unpaired) electrons. The van der Waals surface area contributed by atoms with Gasteiger partial charge in [0.05, 0.1) is 17.1 Å². The predicted molar refractivity (Wildman–Crippen MR) is 80.4 cm³/mol. The number of aromatic hydroxyl groups is 1. The summed E-state index contributed by atoms with van der Waals surface area (Å²) in [4.78, 5) is 20.7. The van der Waals surface area contributed by atoms with Crippen molar-refractivity contribution in [2.45, 2.75) is 27.2 Å². The molecule has 0 aliphatic heterocycles. The topological polar surface area (TPSA) is 75.1 Å². The summed E-state index contributed by atoms with van der Waals surface area (Å²) in [5.41, 5.74) is 3.68. The van der Waals surface area contributed by atoms with Crippen LogP contribution >= 0.6 is 0 Å². The highest BCUT2D eigenvalue weighted by molar-refractivity contribution is 5.93. The molecule has 1 aromatic heterocycles. The molecule has 0 bridgehead atoms. The number of hydrogen-bond donors (Lipinski definition) is 2. The number of nitrogens with zero attached hydrogens (tertiary/aromatic N) is 2. The van der Waals surface area contributed by atoms with Crippen molar-refractivity contribution < 1.29 is 9.90 Å². The Balaban J connectivity index is 1.96. The summed E-state index contributed by atoms with van der Waals surface area (Å²) >= 11 is 0. The van der Waals surface area contributed by atoms with Crippen molar-refractivity contribution in [3.8, 4) is 5.75 Å². The number of aryl methyl sites for hydroxylation is 3. The summed E-state index contributed by atoms with van der Waals surface area (Å²) in [6, 6.07) is 6.94. The number of hydrogen-bond acceptors (Lipinski definition) is 4. The average Bonchev–Trinajstić information content (AvgIpc) is 2.45. The number of carbonyl (C=O) groups excluding carboxylic acids is 1. The fourth-order valence-electron chi connectivity index (χ4n) is 2.00. The maximum atomic E-state index is 12.1. The lowest BCUT2D eigenvalue weighted by Crippen LogP contribution is -2.28. The maximum Gasteiger partial charge on any atom is 0.271 e. The monoisotopic (exact) mass is 285 g/mol. The van der Waals surface area contributed by atoms with Crippen molar-refractivity contribution >= 4 is 5.91 Å². The van der Waals surface area contributed by atoms with Crippen molar-refractivity contribution in [3.05, 3.63) is 52.6 Å². The number of phenolic OH excluding ortho intramolecular Hbond substituents is 1. The van der Waals surface area contributed by atoms with Gasteiger partial charge < -0.3 is 10.4 Å². The van der Waals surface area contributed by atoms with Gasteiger partial charge in [0, 0.05) is 6.54 Å². The Labute approximate surface area is 124 Å². The summed E-state index contributed by atoms with van der Waals surface area (Å²) in [5.74, 6) is 0.0330. The molecule has 0 unspecified atom stereocenters. The van der Waals surface area contributed by atoms with E-state index >= 15 is 0 Å².